The van der Waals surface area contributed by atoms with Crippen LogP contribution in [-0.2, 0) is 11.4 Å². The molecule has 0 unspecified atom stereocenters. The highest BCUT2D eigenvalue weighted by Crippen LogP contribution is 2.31. The molecule has 9 heteroatoms. The van der Waals surface area contributed by atoms with Crippen LogP contribution >= 0.6 is 11.6 Å². The van der Waals surface area contributed by atoms with E-state index in [0.717, 1.165) is 47.4 Å². The number of fused-ring (bicyclic) bond motifs is 1. The largest absolute Gasteiger partial charge is 0.486 e. The molecule has 1 aliphatic rings. The number of benzene rings is 2. The van der Waals surface area contributed by atoms with E-state index in [1.807, 2.05) is 55.5 Å². The number of nitrogens with one attached hydrogen (secondary N) is 3. The number of hydrogen-bond donors (Lipinski definition) is 3. The van der Waals surface area contributed by atoms with E-state index in [1.54, 1.807) is 6.07 Å². The average Bonchev–Trinajstić information content (AvgIpc) is 3.39. The molecule has 1 aliphatic heterocycles. The summed E-state index contributed by atoms with van der Waals surface area (Å²) in [5.74, 6) is 1.15. The Morgan fingerprint density at radius 2 is 2.03 bits per heavy atom. The summed E-state index contributed by atoms with van der Waals surface area (Å²) in [4.78, 5) is 25.7. The number of anilines is 3. The van der Waals surface area contributed by atoms with Crippen LogP contribution in [0.15, 0.2) is 60.9 Å². The van der Waals surface area contributed by atoms with Crippen LogP contribution in [0.5, 0.6) is 5.75 Å². The molecule has 4 aromatic rings. The number of amides is 1. The third-order valence-corrected chi connectivity index (χ3v) is 6.09. The van der Waals surface area contributed by atoms with Crippen LogP contribution in [0.3, 0.4) is 0 Å². The lowest BCUT2D eigenvalue weighted by molar-refractivity contribution is -0.117. The fourth-order valence-electron chi connectivity index (χ4n) is 4.04. The lowest BCUT2D eigenvalue weighted by Gasteiger charge is -2.14. The van der Waals surface area contributed by atoms with Gasteiger partial charge < -0.3 is 20.7 Å². The van der Waals surface area contributed by atoms with Gasteiger partial charge in [-0.15, -0.1) is 0 Å². The molecular weight excluding hydrogens is 464 g/mol. The zero-order valence-corrected chi connectivity index (χ0v) is 20.0. The van der Waals surface area contributed by atoms with Crippen LogP contribution < -0.4 is 20.7 Å². The van der Waals surface area contributed by atoms with Gasteiger partial charge in [0.15, 0.2) is 0 Å². The van der Waals surface area contributed by atoms with Gasteiger partial charge in [0.1, 0.15) is 24.5 Å². The molecule has 0 aliphatic carbocycles. The second-order valence-corrected chi connectivity index (χ2v) is 8.83. The third kappa shape index (κ3) is 5.50. The van der Waals surface area contributed by atoms with Crippen molar-refractivity contribution in [3.05, 3.63) is 77.3 Å². The SMILES string of the molecule is Cc1cccc(COc2ccc(Nc3ncnc4ccc(NC(=O)[C@@H]5CCCN5)cc34)cc2Cl)n1. The van der Waals surface area contributed by atoms with Crippen molar-refractivity contribution in [2.75, 3.05) is 17.2 Å². The molecule has 1 fully saturated rings. The highest BCUT2D eigenvalue weighted by atomic mass is 35.5. The summed E-state index contributed by atoms with van der Waals surface area (Å²) in [7, 11) is 0. The van der Waals surface area contributed by atoms with E-state index in [0.29, 0.717) is 28.9 Å². The van der Waals surface area contributed by atoms with Crippen LogP contribution in [0.1, 0.15) is 24.2 Å². The molecule has 0 saturated carbocycles. The molecule has 2 aromatic heterocycles. The molecule has 3 heterocycles. The van der Waals surface area contributed by atoms with Gasteiger partial charge in [0.2, 0.25) is 5.91 Å². The number of nitrogens with zero attached hydrogens (tertiary/aromatic N) is 3. The second-order valence-electron chi connectivity index (χ2n) is 8.42. The molecular formula is C26H25ClN6O2. The monoisotopic (exact) mass is 488 g/mol. The fraction of sp³-hybridized carbons (Fsp3) is 0.231. The zero-order chi connectivity index (χ0) is 24.2. The smallest absolute Gasteiger partial charge is 0.241 e. The summed E-state index contributed by atoms with van der Waals surface area (Å²) < 4.78 is 5.85. The topological polar surface area (TPSA) is 101 Å². The molecule has 0 spiro atoms. The molecule has 2 aromatic carbocycles. The number of rotatable bonds is 7. The normalized spacial score (nSPS) is 15.2. The minimum Gasteiger partial charge on any atom is -0.486 e. The van der Waals surface area contributed by atoms with Crippen molar-refractivity contribution in [3.63, 3.8) is 0 Å². The minimum absolute atomic E-state index is 0.0311. The summed E-state index contributed by atoms with van der Waals surface area (Å²) >= 11 is 6.48. The molecule has 1 saturated heterocycles. The number of aromatic nitrogens is 3. The first-order chi connectivity index (χ1) is 17.0. The van der Waals surface area contributed by atoms with Crippen molar-refractivity contribution in [1.29, 1.82) is 0 Å². The molecule has 0 radical (unpaired) electrons. The van der Waals surface area contributed by atoms with E-state index in [2.05, 4.69) is 30.9 Å². The maximum atomic E-state index is 12.5. The number of halogens is 1. The van der Waals surface area contributed by atoms with Crippen LogP contribution in [0.4, 0.5) is 17.2 Å². The highest BCUT2D eigenvalue weighted by molar-refractivity contribution is 6.32. The molecule has 3 N–H and O–H groups in total. The Balaban J connectivity index is 1.31. The maximum Gasteiger partial charge on any atom is 0.241 e. The Kier molecular flexibility index (Phi) is 6.74. The number of pyridine rings is 1. The predicted molar refractivity (Wildman–Crippen MR) is 137 cm³/mol. The first-order valence-electron chi connectivity index (χ1n) is 11.5. The van der Waals surface area contributed by atoms with Gasteiger partial charge in [0.25, 0.3) is 0 Å². The third-order valence-electron chi connectivity index (χ3n) is 5.80. The lowest BCUT2D eigenvalue weighted by atomic mass is 10.1. The van der Waals surface area contributed by atoms with E-state index < -0.39 is 0 Å². The van der Waals surface area contributed by atoms with Gasteiger partial charge in [-0.1, -0.05) is 17.7 Å². The fourth-order valence-corrected chi connectivity index (χ4v) is 4.27. The Morgan fingerprint density at radius 3 is 2.83 bits per heavy atom. The molecule has 1 atom stereocenters. The number of carbonyl (C=O) groups is 1. The van der Waals surface area contributed by atoms with Gasteiger partial charge in [0.05, 0.1) is 22.3 Å². The van der Waals surface area contributed by atoms with Crippen molar-refractivity contribution in [3.8, 4) is 5.75 Å². The molecule has 8 nitrogen and oxygen atoms in total. The number of hydrogen-bond acceptors (Lipinski definition) is 7. The molecule has 0 bridgehead atoms. The Labute approximate surface area is 208 Å². The standard InChI is InChI=1S/C26H25ClN6O2/c1-16-4-2-5-19(31-16)14-35-24-10-8-18(13-21(24)27)32-25-20-12-17(7-9-22(20)29-15-30-25)33-26(34)23-6-3-11-28-23/h2,4-5,7-10,12-13,15,23,28H,3,6,11,14H2,1H3,(H,33,34)(H,29,30,32)/t23-/m0/s1. The lowest BCUT2D eigenvalue weighted by Crippen LogP contribution is -2.35. The maximum absolute atomic E-state index is 12.5. The van der Waals surface area contributed by atoms with Crippen LogP contribution in [0.25, 0.3) is 10.9 Å². The zero-order valence-electron chi connectivity index (χ0n) is 19.2. The quantitative estimate of drug-likeness (QED) is 0.336. The van der Waals surface area contributed by atoms with Gasteiger partial charge in [-0.2, -0.15) is 0 Å². The first kappa shape index (κ1) is 23.0. The molecule has 35 heavy (non-hydrogen) atoms. The summed E-state index contributed by atoms with van der Waals surface area (Å²) in [5, 5.41) is 10.8. The van der Waals surface area contributed by atoms with E-state index >= 15 is 0 Å². The molecule has 5 rings (SSSR count). The number of ether oxygens (including phenoxy) is 1. The van der Waals surface area contributed by atoms with Crippen molar-refractivity contribution in [2.24, 2.45) is 0 Å². The van der Waals surface area contributed by atoms with Crippen molar-refractivity contribution in [2.45, 2.75) is 32.4 Å². The Morgan fingerprint density at radius 1 is 1.14 bits per heavy atom. The van der Waals surface area contributed by atoms with E-state index in [9.17, 15) is 4.79 Å². The van der Waals surface area contributed by atoms with Crippen LogP contribution in [-0.4, -0.2) is 33.4 Å². The van der Waals surface area contributed by atoms with Crippen molar-refractivity contribution < 1.29 is 9.53 Å². The van der Waals surface area contributed by atoms with Crippen molar-refractivity contribution in [1.82, 2.24) is 20.3 Å². The van der Waals surface area contributed by atoms with Gasteiger partial charge in [-0.3, -0.25) is 9.78 Å². The van der Waals surface area contributed by atoms with Gasteiger partial charge in [-0.25, -0.2) is 9.97 Å². The van der Waals surface area contributed by atoms with Crippen molar-refractivity contribution >= 4 is 45.6 Å². The molecule has 1 amide bonds. The summed E-state index contributed by atoms with van der Waals surface area (Å²) in [5.41, 5.74) is 3.98. The predicted octanol–water partition coefficient (Wildman–Crippen LogP) is 5.00. The second kappa shape index (κ2) is 10.2. The van der Waals surface area contributed by atoms with Gasteiger partial charge >= 0.3 is 0 Å². The summed E-state index contributed by atoms with van der Waals surface area (Å²) in [6.07, 6.45) is 3.35. The van der Waals surface area contributed by atoms with Crippen LogP contribution in [0.2, 0.25) is 5.02 Å². The summed E-state index contributed by atoms with van der Waals surface area (Å²) in [6.45, 7) is 3.14. The van der Waals surface area contributed by atoms with Gasteiger partial charge in [0, 0.05) is 22.5 Å². The summed E-state index contributed by atoms with van der Waals surface area (Å²) in [6, 6.07) is 16.7. The van der Waals surface area contributed by atoms with Gasteiger partial charge in [-0.05, 0) is 74.8 Å². The average molecular weight is 489 g/mol. The van der Waals surface area contributed by atoms with E-state index in [1.165, 1.54) is 6.33 Å². The Hall–Kier alpha value is -3.75. The van der Waals surface area contributed by atoms with E-state index in [-0.39, 0.29) is 11.9 Å². The highest BCUT2D eigenvalue weighted by Gasteiger charge is 2.22. The Bertz CT molecular complexity index is 1370. The number of carbonyl (C=O) groups excluding carboxylic acids is 1. The van der Waals surface area contributed by atoms with Crippen LogP contribution in [0, 0.1) is 6.92 Å². The minimum atomic E-state index is -0.153. The van der Waals surface area contributed by atoms with E-state index in [4.69, 9.17) is 16.3 Å². The number of aryl methyl sites for hydroxylation is 1. The first-order valence-corrected chi connectivity index (χ1v) is 11.8. The molecule has 178 valence electrons.